The maximum atomic E-state index is 12.6. The maximum Gasteiger partial charge on any atom is 0.255 e. The molecule has 2 aliphatic rings. The number of amides is 1. The van der Waals surface area contributed by atoms with Crippen LogP contribution in [0.3, 0.4) is 0 Å². The van der Waals surface area contributed by atoms with Crippen LogP contribution in [-0.4, -0.2) is 32.3 Å². The summed E-state index contributed by atoms with van der Waals surface area (Å²) in [6, 6.07) is 12.5. The summed E-state index contributed by atoms with van der Waals surface area (Å²) < 4.78 is 12.1. The van der Waals surface area contributed by atoms with E-state index in [1.807, 2.05) is 24.3 Å². The van der Waals surface area contributed by atoms with E-state index in [0.29, 0.717) is 28.4 Å². The topological polar surface area (TPSA) is 102 Å². The van der Waals surface area contributed by atoms with Gasteiger partial charge in [-0.3, -0.25) is 4.79 Å². The van der Waals surface area contributed by atoms with Crippen LogP contribution in [0.1, 0.15) is 36.0 Å². The van der Waals surface area contributed by atoms with Crippen molar-refractivity contribution in [3.8, 4) is 22.9 Å². The molecular weight excluding hydrogens is 346 g/mol. The molecule has 8 heteroatoms. The molecule has 5 rings (SSSR count). The highest BCUT2D eigenvalue weighted by Crippen LogP contribution is 2.47. The molecule has 27 heavy (non-hydrogen) atoms. The van der Waals surface area contributed by atoms with Gasteiger partial charge >= 0.3 is 0 Å². The molecule has 136 valence electrons. The predicted molar refractivity (Wildman–Crippen MR) is 96.5 cm³/mol. The smallest absolute Gasteiger partial charge is 0.255 e. The molecule has 1 aliphatic heterocycles. The second-order valence-corrected chi connectivity index (χ2v) is 6.75. The number of H-pyrrole nitrogens is 1. The van der Waals surface area contributed by atoms with Crippen molar-refractivity contribution in [1.82, 2.24) is 20.6 Å². The first-order chi connectivity index (χ1) is 13.2. The Morgan fingerprint density at radius 3 is 2.74 bits per heavy atom. The van der Waals surface area contributed by atoms with Crippen molar-refractivity contribution in [3.05, 3.63) is 48.0 Å². The number of carbonyl (C=O) groups excluding carboxylic acids is 1. The van der Waals surface area contributed by atoms with Crippen LogP contribution >= 0.6 is 0 Å². The Morgan fingerprint density at radius 1 is 1.07 bits per heavy atom. The second-order valence-electron chi connectivity index (χ2n) is 6.75. The quantitative estimate of drug-likeness (QED) is 0.741. The molecule has 0 saturated heterocycles. The van der Waals surface area contributed by atoms with Crippen molar-refractivity contribution in [3.63, 3.8) is 0 Å². The summed E-state index contributed by atoms with van der Waals surface area (Å²) in [7, 11) is 0. The fourth-order valence-corrected chi connectivity index (χ4v) is 3.58. The molecule has 0 unspecified atom stereocenters. The van der Waals surface area contributed by atoms with Crippen molar-refractivity contribution in [2.75, 3.05) is 5.32 Å². The highest BCUT2D eigenvalue weighted by molar-refractivity contribution is 6.05. The maximum absolute atomic E-state index is 12.6. The lowest BCUT2D eigenvalue weighted by molar-refractivity contribution is -0.0716. The van der Waals surface area contributed by atoms with E-state index in [4.69, 9.17) is 9.47 Å². The molecule has 1 fully saturated rings. The lowest BCUT2D eigenvalue weighted by Gasteiger charge is -2.21. The van der Waals surface area contributed by atoms with E-state index in [9.17, 15) is 4.79 Å². The van der Waals surface area contributed by atoms with Gasteiger partial charge in [-0.2, -0.15) is 5.21 Å². The summed E-state index contributed by atoms with van der Waals surface area (Å²) in [5.74, 6) is 1.11. The Bertz CT molecular complexity index is 996. The van der Waals surface area contributed by atoms with Crippen molar-refractivity contribution >= 4 is 11.6 Å². The fraction of sp³-hybridized carbons (Fsp3) is 0.263. The summed E-state index contributed by atoms with van der Waals surface area (Å²) in [6.45, 7) is 0. The monoisotopic (exact) mass is 363 g/mol. The van der Waals surface area contributed by atoms with Crippen LogP contribution in [0.2, 0.25) is 0 Å². The van der Waals surface area contributed by atoms with Gasteiger partial charge in [0.1, 0.15) is 0 Å². The molecule has 0 atom stereocenters. The van der Waals surface area contributed by atoms with Gasteiger partial charge in [0.2, 0.25) is 5.82 Å². The first kappa shape index (κ1) is 15.8. The Hall–Kier alpha value is -3.42. The van der Waals surface area contributed by atoms with Crippen LogP contribution in [0.15, 0.2) is 42.5 Å². The predicted octanol–water partition coefficient (Wildman–Crippen LogP) is 3.16. The highest BCUT2D eigenvalue weighted by atomic mass is 16.7. The van der Waals surface area contributed by atoms with Gasteiger partial charge in [-0.05, 0) is 42.3 Å². The number of nitrogens with zero attached hydrogens (tertiary/aromatic N) is 3. The number of ether oxygens (including phenoxy) is 2. The summed E-state index contributed by atoms with van der Waals surface area (Å²) in [4.78, 5) is 12.6. The molecule has 1 amide bonds. The number of tetrazole rings is 1. The number of rotatable bonds is 3. The molecule has 1 aromatic heterocycles. The molecule has 1 aliphatic carbocycles. The van der Waals surface area contributed by atoms with Crippen molar-refractivity contribution in [2.45, 2.75) is 31.5 Å². The number of nitrogens with one attached hydrogen (secondary N) is 2. The standard InChI is InChI=1S/C19H17N5O3/c25-18(13-5-3-4-12(10-13)17-21-23-24-22-17)20-14-6-7-15-16(11-14)27-19(26-15)8-1-2-9-19/h3-7,10-11H,1-2,8-9H2,(H,20,25)(H,21,22,23,24). The number of benzene rings is 2. The van der Waals surface area contributed by atoms with Gasteiger partial charge in [-0.25, -0.2) is 0 Å². The van der Waals surface area contributed by atoms with Crippen molar-refractivity contribution in [1.29, 1.82) is 0 Å². The first-order valence-electron chi connectivity index (χ1n) is 8.88. The molecule has 2 aromatic carbocycles. The number of aromatic nitrogens is 4. The second kappa shape index (κ2) is 6.08. The van der Waals surface area contributed by atoms with Crippen LogP contribution < -0.4 is 14.8 Å². The SMILES string of the molecule is O=C(Nc1ccc2c(c1)OC1(CCCC1)O2)c1cccc(-c2nn[nH]n2)c1. The van der Waals surface area contributed by atoms with Crippen molar-refractivity contribution < 1.29 is 14.3 Å². The zero-order chi connectivity index (χ0) is 18.3. The van der Waals surface area contributed by atoms with Crippen LogP contribution in [0, 0.1) is 0 Å². The zero-order valence-corrected chi connectivity index (χ0v) is 14.4. The van der Waals surface area contributed by atoms with E-state index < -0.39 is 5.79 Å². The molecular formula is C19H17N5O3. The van der Waals surface area contributed by atoms with Crippen LogP contribution in [-0.2, 0) is 0 Å². The lowest BCUT2D eigenvalue weighted by atomic mass is 10.1. The number of carbonyl (C=O) groups is 1. The largest absolute Gasteiger partial charge is 0.448 e. The first-order valence-corrected chi connectivity index (χ1v) is 8.88. The van der Waals surface area contributed by atoms with Gasteiger partial charge in [0.15, 0.2) is 11.5 Å². The van der Waals surface area contributed by atoms with Gasteiger partial charge in [0, 0.05) is 35.7 Å². The lowest BCUT2D eigenvalue weighted by Crippen LogP contribution is -2.34. The molecule has 0 bridgehead atoms. The third-order valence-corrected chi connectivity index (χ3v) is 4.89. The van der Waals surface area contributed by atoms with Gasteiger partial charge < -0.3 is 14.8 Å². The number of hydrogen-bond donors (Lipinski definition) is 2. The number of fused-ring (bicyclic) bond motifs is 1. The molecule has 1 saturated carbocycles. The van der Waals surface area contributed by atoms with E-state index in [1.165, 1.54) is 0 Å². The third kappa shape index (κ3) is 2.88. The number of anilines is 1. The molecule has 3 aromatic rings. The summed E-state index contributed by atoms with van der Waals surface area (Å²) in [5, 5.41) is 16.7. The number of aromatic amines is 1. The summed E-state index contributed by atoms with van der Waals surface area (Å²) in [6.07, 6.45) is 4.00. The Labute approximate surface area is 154 Å². The minimum absolute atomic E-state index is 0.227. The highest BCUT2D eigenvalue weighted by Gasteiger charge is 2.44. The molecule has 1 spiro atoms. The van der Waals surface area contributed by atoms with E-state index in [-0.39, 0.29) is 5.91 Å². The van der Waals surface area contributed by atoms with Crippen LogP contribution in [0.25, 0.3) is 11.4 Å². The minimum atomic E-state index is -0.510. The van der Waals surface area contributed by atoms with Gasteiger partial charge in [-0.15, -0.1) is 10.2 Å². The molecule has 8 nitrogen and oxygen atoms in total. The summed E-state index contributed by atoms with van der Waals surface area (Å²) in [5.41, 5.74) is 1.87. The zero-order valence-electron chi connectivity index (χ0n) is 14.4. The van der Waals surface area contributed by atoms with E-state index >= 15 is 0 Å². The van der Waals surface area contributed by atoms with Gasteiger partial charge in [0.05, 0.1) is 0 Å². The van der Waals surface area contributed by atoms with E-state index in [0.717, 1.165) is 31.4 Å². The van der Waals surface area contributed by atoms with E-state index in [1.54, 1.807) is 18.2 Å². The third-order valence-electron chi connectivity index (χ3n) is 4.89. The van der Waals surface area contributed by atoms with Gasteiger partial charge in [-0.1, -0.05) is 12.1 Å². The van der Waals surface area contributed by atoms with E-state index in [2.05, 4.69) is 25.9 Å². The molecule has 2 heterocycles. The Kier molecular flexibility index (Phi) is 3.56. The average Bonchev–Trinajstić information content (AvgIpc) is 3.43. The van der Waals surface area contributed by atoms with Crippen LogP contribution in [0.5, 0.6) is 11.5 Å². The fourth-order valence-electron chi connectivity index (χ4n) is 3.58. The Balaban J connectivity index is 1.35. The minimum Gasteiger partial charge on any atom is -0.448 e. The average molecular weight is 363 g/mol. The summed E-state index contributed by atoms with van der Waals surface area (Å²) >= 11 is 0. The van der Waals surface area contributed by atoms with Crippen molar-refractivity contribution in [2.24, 2.45) is 0 Å². The molecule has 2 N–H and O–H groups in total. The normalized spacial score (nSPS) is 16.6. The van der Waals surface area contributed by atoms with Gasteiger partial charge in [0.25, 0.3) is 11.7 Å². The van der Waals surface area contributed by atoms with Crippen LogP contribution in [0.4, 0.5) is 5.69 Å². The Morgan fingerprint density at radius 2 is 1.93 bits per heavy atom. The number of hydrogen-bond acceptors (Lipinski definition) is 6. The molecule has 0 radical (unpaired) electrons.